The van der Waals surface area contributed by atoms with Crippen molar-refractivity contribution >= 4 is 5.78 Å². The first-order valence-corrected chi connectivity index (χ1v) is 5.65. The van der Waals surface area contributed by atoms with Crippen molar-refractivity contribution < 1.29 is 4.79 Å². The van der Waals surface area contributed by atoms with Crippen molar-refractivity contribution in [2.24, 2.45) is 7.05 Å². The predicted molar refractivity (Wildman–Crippen MR) is 64.9 cm³/mol. The first-order chi connectivity index (χ1) is 8.19. The molecule has 2 aromatic heterocycles. The highest BCUT2D eigenvalue weighted by Gasteiger charge is 2.10. The molecule has 0 aliphatic heterocycles. The lowest BCUT2D eigenvalue weighted by atomic mass is 10.1. The van der Waals surface area contributed by atoms with Crippen LogP contribution in [0.5, 0.6) is 0 Å². The number of rotatable bonds is 4. The topological polar surface area (TPSA) is 47.8 Å². The summed E-state index contributed by atoms with van der Waals surface area (Å²) < 4.78 is 1.63. The zero-order valence-electron chi connectivity index (χ0n) is 10.1. The molecule has 0 amide bonds. The molecule has 4 heteroatoms. The van der Waals surface area contributed by atoms with Gasteiger partial charge in [-0.2, -0.15) is 5.10 Å². The van der Waals surface area contributed by atoms with Gasteiger partial charge in [-0.05, 0) is 24.1 Å². The molecule has 2 rings (SSSR count). The third-order valence-electron chi connectivity index (χ3n) is 2.64. The zero-order chi connectivity index (χ0) is 12.3. The smallest absolute Gasteiger partial charge is 0.188 e. The molecule has 0 N–H and O–H groups in total. The highest BCUT2D eigenvalue weighted by molar-refractivity contribution is 5.95. The Morgan fingerprint density at radius 2 is 2.18 bits per heavy atom. The van der Waals surface area contributed by atoms with Gasteiger partial charge >= 0.3 is 0 Å². The zero-order valence-corrected chi connectivity index (χ0v) is 10.1. The number of carbonyl (C=O) groups excluding carboxylic acids is 1. The average molecular weight is 229 g/mol. The molecule has 0 aromatic carbocycles. The van der Waals surface area contributed by atoms with Crippen LogP contribution in [0.4, 0.5) is 0 Å². The van der Waals surface area contributed by atoms with Crippen LogP contribution in [0.2, 0.25) is 0 Å². The van der Waals surface area contributed by atoms with Gasteiger partial charge in [-0.15, -0.1) is 0 Å². The van der Waals surface area contributed by atoms with E-state index in [1.54, 1.807) is 24.0 Å². The molecule has 0 radical (unpaired) electrons. The summed E-state index contributed by atoms with van der Waals surface area (Å²) in [4.78, 5) is 16.1. The molecular formula is C13H15N3O. The Bertz CT molecular complexity index is 514. The number of hydrogen-bond acceptors (Lipinski definition) is 3. The van der Waals surface area contributed by atoms with Gasteiger partial charge in [0, 0.05) is 25.1 Å². The first-order valence-electron chi connectivity index (χ1n) is 5.65. The van der Waals surface area contributed by atoms with Gasteiger partial charge in [0.2, 0.25) is 0 Å². The summed E-state index contributed by atoms with van der Waals surface area (Å²) in [5, 5.41) is 4.08. The minimum absolute atomic E-state index is 0.00217. The molecule has 4 nitrogen and oxygen atoms in total. The maximum absolute atomic E-state index is 11.9. The second-order valence-electron chi connectivity index (χ2n) is 3.99. The summed E-state index contributed by atoms with van der Waals surface area (Å²) in [6.45, 7) is 2.08. The van der Waals surface area contributed by atoms with E-state index in [0.717, 1.165) is 12.1 Å². The molecule has 2 heterocycles. The summed E-state index contributed by atoms with van der Waals surface area (Å²) >= 11 is 0. The van der Waals surface area contributed by atoms with Gasteiger partial charge in [0.1, 0.15) is 5.69 Å². The van der Waals surface area contributed by atoms with Gasteiger partial charge < -0.3 is 0 Å². The fourth-order valence-corrected chi connectivity index (χ4v) is 1.59. The van der Waals surface area contributed by atoms with Crippen molar-refractivity contribution in [3.63, 3.8) is 0 Å². The predicted octanol–water partition coefficient (Wildman–Crippen LogP) is 1.80. The van der Waals surface area contributed by atoms with Crippen LogP contribution >= 0.6 is 0 Å². The fourth-order valence-electron chi connectivity index (χ4n) is 1.59. The Kier molecular flexibility index (Phi) is 3.32. The van der Waals surface area contributed by atoms with E-state index in [9.17, 15) is 4.79 Å². The monoisotopic (exact) mass is 229 g/mol. The van der Waals surface area contributed by atoms with E-state index < -0.39 is 0 Å². The number of pyridine rings is 1. The van der Waals surface area contributed by atoms with Crippen LogP contribution in [0, 0.1) is 0 Å². The summed E-state index contributed by atoms with van der Waals surface area (Å²) in [7, 11) is 1.80. The molecular weight excluding hydrogens is 214 g/mol. The number of aryl methyl sites for hydroxylation is 2. The molecule has 0 spiro atoms. The van der Waals surface area contributed by atoms with Crippen molar-refractivity contribution in [1.82, 2.24) is 14.8 Å². The molecule has 0 atom stereocenters. The first kappa shape index (κ1) is 11.5. The number of aromatic nitrogens is 3. The van der Waals surface area contributed by atoms with E-state index in [-0.39, 0.29) is 5.78 Å². The quantitative estimate of drug-likeness (QED) is 0.751. The van der Waals surface area contributed by atoms with Crippen molar-refractivity contribution in [1.29, 1.82) is 0 Å². The van der Waals surface area contributed by atoms with Crippen LogP contribution in [-0.4, -0.2) is 20.5 Å². The van der Waals surface area contributed by atoms with Crippen LogP contribution in [-0.2, 0) is 19.9 Å². The minimum atomic E-state index is 0.00217. The number of nitrogens with zero attached hydrogens (tertiary/aromatic N) is 3. The summed E-state index contributed by atoms with van der Waals surface area (Å²) in [6.07, 6.45) is 4.85. The maximum atomic E-state index is 11.9. The standard InChI is InChI=1S/C13H15N3O/c1-3-10-4-5-11(14-9-10)8-13(17)12-6-7-16(2)15-12/h4-7,9H,3,8H2,1-2H3. The highest BCUT2D eigenvalue weighted by atomic mass is 16.1. The summed E-state index contributed by atoms with van der Waals surface area (Å²) in [5.74, 6) is 0.00217. The summed E-state index contributed by atoms with van der Waals surface area (Å²) in [5.41, 5.74) is 2.46. The van der Waals surface area contributed by atoms with Crippen LogP contribution < -0.4 is 0 Å². The molecule has 0 fully saturated rings. The van der Waals surface area contributed by atoms with Crippen molar-refractivity contribution in [3.05, 3.63) is 47.5 Å². The molecule has 88 valence electrons. The molecule has 0 unspecified atom stereocenters. The van der Waals surface area contributed by atoms with Gasteiger partial charge in [-0.25, -0.2) is 0 Å². The van der Waals surface area contributed by atoms with E-state index in [4.69, 9.17) is 0 Å². The molecule has 0 aliphatic carbocycles. The van der Waals surface area contributed by atoms with Gasteiger partial charge in [0.15, 0.2) is 5.78 Å². The highest BCUT2D eigenvalue weighted by Crippen LogP contribution is 2.05. The molecule has 2 aromatic rings. The van der Waals surface area contributed by atoms with E-state index in [2.05, 4.69) is 17.0 Å². The molecule has 0 saturated carbocycles. The average Bonchev–Trinajstić information content (AvgIpc) is 2.77. The van der Waals surface area contributed by atoms with Gasteiger partial charge in [-0.1, -0.05) is 13.0 Å². The minimum Gasteiger partial charge on any atom is -0.292 e. The Balaban J connectivity index is 2.07. The Hall–Kier alpha value is -1.97. The van der Waals surface area contributed by atoms with Crippen molar-refractivity contribution in [2.45, 2.75) is 19.8 Å². The largest absolute Gasteiger partial charge is 0.292 e. The van der Waals surface area contributed by atoms with E-state index >= 15 is 0 Å². The Morgan fingerprint density at radius 3 is 2.71 bits per heavy atom. The third kappa shape index (κ3) is 2.78. The number of carbonyl (C=O) groups is 1. The van der Waals surface area contributed by atoms with Crippen molar-refractivity contribution in [3.8, 4) is 0 Å². The lowest BCUT2D eigenvalue weighted by Gasteiger charge is -2.00. The van der Waals surface area contributed by atoms with Gasteiger partial charge in [0.05, 0.1) is 6.42 Å². The second-order valence-corrected chi connectivity index (χ2v) is 3.99. The van der Waals surface area contributed by atoms with Gasteiger partial charge in [-0.3, -0.25) is 14.5 Å². The fraction of sp³-hybridized carbons (Fsp3) is 0.308. The van der Waals surface area contributed by atoms with Gasteiger partial charge in [0.25, 0.3) is 0 Å². The molecule has 0 saturated heterocycles. The maximum Gasteiger partial charge on any atom is 0.188 e. The van der Waals surface area contributed by atoms with Crippen molar-refractivity contribution in [2.75, 3.05) is 0 Å². The number of ketones is 1. The van der Waals surface area contributed by atoms with Crippen LogP contribution in [0.3, 0.4) is 0 Å². The normalized spacial score (nSPS) is 10.5. The van der Waals surface area contributed by atoms with Crippen LogP contribution in [0.15, 0.2) is 30.6 Å². The molecule has 0 bridgehead atoms. The van der Waals surface area contributed by atoms with E-state index in [0.29, 0.717) is 12.1 Å². The lowest BCUT2D eigenvalue weighted by Crippen LogP contribution is -2.06. The van der Waals surface area contributed by atoms with E-state index in [1.807, 2.05) is 18.3 Å². The summed E-state index contributed by atoms with van der Waals surface area (Å²) in [6, 6.07) is 5.64. The number of Topliss-reactive ketones (excluding diaryl/α,β-unsaturated/α-hetero) is 1. The number of hydrogen-bond donors (Lipinski definition) is 0. The Labute approximate surface area is 100 Å². The third-order valence-corrected chi connectivity index (χ3v) is 2.64. The second kappa shape index (κ2) is 4.91. The molecule has 17 heavy (non-hydrogen) atoms. The lowest BCUT2D eigenvalue weighted by molar-refractivity contribution is 0.0986. The van der Waals surface area contributed by atoms with E-state index in [1.165, 1.54) is 5.56 Å². The Morgan fingerprint density at radius 1 is 1.35 bits per heavy atom. The van der Waals surface area contributed by atoms with Crippen LogP contribution in [0.25, 0.3) is 0 Å². The van der Waals surface area contributed by atoms with Crippen LogP contribution in [0.1, 0.15) is 28.7 Å². The SMILES string of the molecule is CCc1ccc(CC(=O)c2ccn(C)n2)nc1. The molecule has 0 aliphatic rings.